The molecule has 1 unspecified atom stereocenters. The van der Waals surface area contributed by atoms with Gasteiger partial charge in [0, 0.05) is 5.39 Å². The lowest BCUT2D eigenvalue weighted by molar-refractivity contribution is -0.130. The minimum atomic E-state index is -0.970. The van der Waals surface area contributed by atoms with Gasteiger partial charge in [0.2, 0.25) is 5.78 Å². The number of ketones is 1. The van der Waals surface area contributed by atoms with Crippen molar-refractivity contribution in [3.05, 3.63) is 125 Å². The number of carbonyl (C=O) groups is 2. The molecule has 9 nitrogen and oxygen atoms in total. The van der Waals surface area contributed by atoms with Crippen LogP contribution in [-0.4, -0.2) is 35.9 Å². The number of fused-ring (bicyclic) bond motifs is 1. The smallest absolute Gasteiger partial charge is 0.290 e. The molecule has 0 saturated heterocycles. The maximum absolute atomic E-state index is 14.0. The van der Waals surface area contributed by atoms with Crippen LogP contribution in [0.1, 0.15) is 33.5 Å². The molecule has 0 radical (unpaired) electrons. The summed E-state index contributed by atoms with van der Waals surface area (Å²) in [4.78, 5) is 28.8. The number of carbonyl (C=O) groups excluding carboxylic acids is 2. The number of aliphatic hydroxyl groups is 1. The first-order valence-electron chi connectivity index (χ1n) is 13.2. The molecule has 0 bridgehead atoms. The van der Waals surface area contributed by atoms with E-state index in [1.54, 1.807) is 54.6 Å². The molecule has 3 heterocycles. The molecule has 212 valence electrons. The number of ether oxygens (including phenoxy) is 3. The summed E-state index contributed by atoms with van der Waals surface area (Å²) in [5.41, 5.74) is 1.78. The summed E-state index contributed by atoms with van der Waals surface area (Å²) in [5, 5.41) is 11.7. The van der Waals surface area contributed by atoms with Gasteiger partial charge in [0.15, 0.2) is 34.4 Å². The molecule has 1 aliphatic heterocycles. The number of hydrogen-bond acceptors (Lipinski definition) is 8. The molecular formula is C33H27NO8. The Morgan fingerprint density at radius 1 is 0.905 bits per heavy atom. The van der Waals surface area contributed by atoms with Gasteiger partial charge < -0.3 is 33.1 Å². The first-order valence-corrected chi connectivity index (χ1v) is 13.2. The van der Waals surface area contributed by atoms with Crippen molar-refractivity contribution in [2.75, 3.05) is 14.2 Å². The molecule has 9 heteroatoms. The highest BCUT2D eigenvalue weighted by Crippen LogP contribution is 2.43. The summed E-state index contributed by atoms with van der Waals surface area (Å²) in [5.74, 6) is -0.211. The van der Waals surface area contributed by atoms with Gasteiger partial charge in [0.05, 0.1) is 38.6 Å². The van der Waals surface area contributed by atoms with E-state index in [2.05, 4.69) is 0 Å². The van der Waals surface area contributed by atoms with Gasteiger partial charge in [-0.3, -0.25) is 9.59 Å². The molecule has 42 heavy (non-hydrogen) atoms. The van der Waals surface area contributed by atoms with Crippen molar-refractivity contribution in [2.24, 2.45) is 0 Å². The van der Waals surface area contributed by atoms with Crippen LogP contribution in [0.25, 0.3) is 11.0 Å². The maximum atomic E-state index is 14.0. The van der Waals surface area contributed by atoms with Gasteiger partial charge in [-0.1, -0.05) is 48.5 Å². The number of methoxy groups -OCH3 is 2. The Bertz CT molecular complexity index is 1790. The molecule has 1 N–H and O–H groups in total. The maximum Gasteiger partial charge on any atom is 0.290 e. The van der Waals surface area contributed by atoms with Gasteiger partial charge in [0.1, 0.15) is 12.4 Å². The Balaban J connectivity index is 1.40. The van der Waals surface area contributed by atoms with Crippen molar-refractivity contribution in [1.29, 1.82) is 0 Å². The third kappa shape index (κ3) is 4.85. The van der Waals surface area contributed by atoms with Crippen LogP contribution in [0.4, 0.5) is 0 Å². The van der Waals surface area contributed by atoms with E-state index in [1.165, 1.54) is 25.4 Å². The van der Waals surface area contributed by atoms with Crippen LogP contribution in [0, 0.1) is 0 Å². The fourth-order valence-electron chi connectivity index (χ4n) is 5.12. The van der Waals surface area contributed by atoms with Gasteiger partial charge in [0.25, 0.3) is 5.91 Å². The predicted molar refractivity (Wildman–Crippen MR) is 153 cm³/mol. The summed E-state index contributed by atoms with van der Waals surface area (Å²) in [6.07, 6.45) is 1.49. The highest BCUT2D eigenvalue weighted by Gasteiger charge is 2.45. The molecule has 1 aliphatic rings. The van der Waals surface area contributed by atoms with Crippen LogP contribution in [0.15, 0.2) is 111 Å². The van der Waals surface area contributed by atoms with Gasteiger partial charge in [-0.05, 0) is 47.5 Å². The molecule has 1 amide bonds. The summed E-state index contributed by atoms with van der Waals surface area (Å²) >= 11 is 0. The first kappa shape index (κ1) is 26.8. The highest BCUT2D eigenvalue weighted by atomic mass is 16.5. The Morgan fingerprint density at radius 2 is 1.71 bits per heavy atom. The lowest BCUT2D eigenvalue weighted by Crippen LogP contribution is -2.30. The summed E-state index contributed by atoms with van der Waals surface area (Å²) in [7, 11) is 3.02. The molecule has 2 aromatic heterocycles. The Kier molecular flexibility index (Phi) is 7.14. The second-order valence-electron chi connectivity index (χ2n) is 9.68. The number of aliphatic hydroxyl groups excluding tert-OH is 1. The van der Waals surface area contributed by atoms with Gasteiger partial charge in [-0.2, -0.15) is 0 Å². The summed E-state index contributed by atoms with van der Waals surface area (Å²) in [6.45, 7) is 0.336. The van der Waals surface area contributed by atoms with Crippen LogP contribution >= 0.6 is 0 Å². The standard InChI is InChI=1S/C33H27NO8/c1-38-25-12-6-10-22-17-27(42-32(22)25)30(35)28-29(34(33(37)31(28)36)18-23-11-7-15-40-23)21-13-14-24(26(16-21)39-2)41-19-20-8-4-3-5-9-20/h3-17,29,36H,18-19H2,1-2H3. The number of nitrogens with zero attached hydrogens (tertiary/aromatic N) is 1. The van der Waals surface area contributed by atoms with Crippen molar-refractivity contribution < 1.29 is 37.7 Å². The molecule has 0 saturated carbocycles. The highest BCUT2D eigenvalue weighted by molar-refractivity contribution is 6.16. The number of amides is 1. The minimum absolute atomic E-state index is 0.0138. The van der Waals surface area contributed by atoms with E-state index in [-0.39, 0.29) is 17.9 Å². The van der Waals surface area contributed by atoms with Crippen LogP contribution in [0.5, 0.6) is 17.2 Å². The zero-order chi connectivity index (χ0) is 29.2. The fraction of sp³-hybridized carbons (Fsp3) is 0.152. The topological polar surface area (TPSA) is 112 Å². The quantitative estimate of drug-likeness (QED) is 0.194. The largest absolute Gasteiger partial charge is 0.503 e. The number of Topliss-reactive ketones (excluding diaryl/α,β-unsaturated/α-hetero) is 1. The second kappa shape index (κ2) is 11.2. The third-order valence-corrected chi connectivity index (χ3v) is 7.15. The van der Waals surface area contributed by atoms with Crippen molar-refractivity contribution in [1.82, 2.24) is 4.90 Å². The first-order chi connectivity index (χ1) is 20.5. The zero-order valence-electron chi connectivity index (χ0n) is 22.9. The molecule has 1 atom stereocenters. The Hall–Kier alpha value is -5.44. The van der Waals surface area contributed by atoms with Crippen LogP contribution in [-0.2, 0) is 17.9 Å². The SMILES string of the molecule is COc1cc(C2C(C(=O)c3cc4cccc(OC)c4o3)=C(O)C(=O)N2Cc2ccco2)ccc1OCc1ccccc1. The molecular weight excluding hydrogens is 538 g/mol. The monoisotopic (exact) mass is 565 g/mol. The van der Waals surface area contributed by atoms with Crippen molar-refractivity contribution in [3.8, 4) is 17.2 Å². The lowest BCUT2D eigenvalue weighted by atomic mass is 9.94. The third-order valence-electron chi connectivity index (χ3n) is 7.15. The van der Waals surface area contributed by atoms with E-state index in [1.807, 2.05) is 30.3 Å². The summed E-state index contributed by atoms with van der Waals surface area (Å²) < 4.78 is 28.4. The molecule has 5 aromatic rings. The van der Waals surface area contributed by atoms with E-state index >= 15 is 0 Å². The number of furan rings is 2. The van der Waals surface area contributed by atoms with E-state index in [9.17, 15) is 14.7 Å². The average Bonchev–Trinajstić information content (AvgIpc) is 3.76. The van der Waals surface area contributed by atoms with Gasteiger partial charge in [-0.15, -0.1) is 0 Å². The van der Waals surface area contributed by atoms with Gasteiger partial charge in [-0.25, -0.2) is 0 Å². The number of benzene rings is 3. The summed E-state index contributed by atoms with van der Waals surface area (Å²) in [6, 6.07) is 24.2. The van der Waals surface area contributed by atoms with Gasteiger partial charge >= 0.3 is 0 Å². The zero-order valence-corrected chi connectivity index (χ0v) is 22.9. The molecule has 0 fully saturated rings. The number of para-hydroxylation sites is 1. The van der Waals surface area contributed by atoms with E-state index in [0.717, 1.165) is 5.56 Å². The van der Waals surface area contributed by atoms with Crippen LogP contribution in [0.3, 0.4) is 0 Å². The van der Waals surface area contributed by atoms with E-state index in [0.29, 0.717) is 46.1 Å². The molecule has 0 aliphatic carbocycles. The predicted octanol–water partition coefficient (Wildman–Crippen LogP) is 6.40. The van der Waals surface area contributed by atoms with Crippen molar-refractivity contribution in [2.45, 2.75) is 19.2 Å². The second-order valence-corrected chi connectivity index (χ2v) is 9.68. The molecule has 3 aromatic carbocycles. The van der Waals surface area contributed by atoms with E-state index in [4.69, 9.17) is 23.0 Å². The number of rotatable bonds is 10. The molecule has 6 rings (SSSR count). The lowest BCUT2D eigenvalue weighted by Gasteiger charge is -2.26. The van der Waals surface area contributed by atoms with E-state index < -0.39 is 23.5 Å². The van der Waals surface area contributed by atoms with Crippen LogP contribution < -0.4 is 14.2 Å². The average molecular weight is 566 g/mol. The van der Waals surface area contributed by atoms with Crippen LogP contribution in [0.2, 0.25) is 0 Å². The van der Waals surface area contributed by atoms with Crippen molar-refractivity contribution in [3.63, 3.8) is 0 Å². The van der Waals surface area contributed by atoms with Crippen molar-refractivity contribution >= 4 is 22.7 Å². The normalized spacial score (nSPS) is 15.0. The Labute approximate surface area is 241 Å². The molecule has 0 spiro atoms. The number of hydrogen-bond donors (Lipinski definition) is 1. The minimum Gasteiger partial charge on any atom is -0.503 e. The Morgan fingerprint density at radius 3 is 2.45 bits per heavy atom. The fourth-order valence-corrected chi connectivity index (χ4v) is 5.12.